The number of carbonyl (C=O) groups excluding carboxylic acids is 1. The van der Waals surface area contributed by atoms with E-state index in [4.69, 9.17) is 9.47 Å². The molecule has 1 aromatic heterocycles. The number of nitrogens with one attached hydrogen (secondary N) is 2. The van der Waals surface area contributed by atoms with Gasteiger partial charge in [0.25, 0.3) is 0 Å². The molecule has 1 unspecified atom stereocenters. The van der Waals surface area contributed by atoms with E-state index in [9.17, 15) is 4.79 Å². The van der Waals surface area contributed by atoms with E-state index in [-0.39, 0.29) is 36.0 Å². The smallest absolute Gasteiger partial charge is 0.350 e. The minimum absolute atomic E-state index is 0. The molecule has 0 aliphatic heterocycles. The van der Waals surface area contributed by atoms with Crippen LogP contribution in [0.15, 0.2) is 35.3 Å². The lowest BCUT2D eigenvalue weighted by Gasteiger charge is -2.16. The van der Waals surface area contributed by atoms with Crippen LogP contribution in [0.2, 0.25) is 0 Å². The van der Waals surface area contributed by atoms with Crippen LogP contribution in [0.4, 0.5) is 0 Å². The minimum atomic E-state index is -0.316. The fraction of sp³-hybridized carbons (Fsp3) is 0.522. The number of ether oxygens (including phenoxy) is 2. The Hall–Kier alpha value is -1.72. The molecule has 1 aromatic carbocycles. The molecule has 2 rings (SSSR count). The van der Waals surface area contributed by atoms with Gasteiger partial charge in [-0.3, -0.25) is 4.99 Å². The Bertz CT molecular complexity index is 830. The molecule has 178 valence electrons. The summed E-state index contributed by atoms with van der Waals surface area (Å²) in [4.78, 5) is 21.8. The molecule has 0 spiro atoms. The summed E-state index contributed by atoms with van der Waals surface area (Å²) in [5, 5.41) is 7.45. The first-order valence-electron chi connectivity index (χ1n) is 10.9. The maximum atomic E-state index is 12.0. The number of benzene rings is 1. The second-order valence-corrected chi connectivity index (χ2v) is 8.05. The van der Waals surface area contributed by atoms with E-state index < -0.39 is 0 Å². The fourth-order valence-corrected chi connectivity index (χ4v) is 3.83. The summed E-state index contributed by atoms with van der Waals surface area (Å²) in [6.07, 6.45) is 1.77. The number of rotatable bonds is 12. The van der Waals surface area contributed by atoms with Crippen molar-refractivity contribution in [2.45, 2.75) is 46.6 Å². The Kier molecular flexibility index (Phi) is 14.1. The van der Waals surface area contributed by atoms with Crippen LogP contribution < -0.4 is 10.6 Å². The molecular formula is C23H35IN4O3S. The lowest BCUT2D eigenvalue weighted by molar-refractivity contribution is 0.0531. The van der Waals surface area contributed by atoms with E-state index in [0.29, 0.717) is 30.3 Å². The van der Waals surface area contributed by atoms with Crippen molar-refractivity contribution in [1.29, 1.82) is 0 Å². The van der Waals surface area contributed by atoms with Crippen LogP contribution in [0.3, 0.4) is 0 Å². The van der Waals surface area contributed by atoms with Crippen molar-refractivity contribution in [3.05, 3.63) is 51.5 Å². The third-order valence-electron chi connectivity index (χ3n) is 4.44. The van der Waals surface area contributed by atoms with Crippen LogP contribution >= 0.6 is 35.3 Å². The molecule has 0 saturated heterocycles. The first-order valence-corrected chi connectivity index (χ1v) is 11.7. The number of hydrogen-bond donors (Lipinski definition) is 2. The zero-order chi connectivity index (χ0) is 22.5. The van der Waals surface area contributed by atoms with Gasteiger partial charge in [-0.25, -0.2) is 9.78 Å². The van der Waals surface area contributed by atoms with Gasteiger partial charge in [0.05, 0.1) is 24.9 Å². The Morgan fingerprint density at radius 1 is 1.22 bits per heavy atom. The van der Waals surface area contributed by atoms with E-state index >= 15 is 0 Å². The quantitative estimate of drug-likeness (QED) is 0.128. The SMILES string of the molecule is CCNC(=NCCCOCCc1ccccc1)NC(C)c1nc(C)c(C(=O)OCC)s1.I. The zero-order valence-electron chi connectivity index (χ0n) is 19.3. The second-order valence-electron chi connectivity index (χ2n) is 7.02. The van der Waals surface area contributed by atoms with Gasteiger partial charge in [-0.15, -0.1) is 35.3 Å². The van der Waals surface area contributed by atoms with Gasteiger partial charge in [0.2, 0.25) is 0 Å². The summed E-state index contributed by atoms with van der Waals surface area (Å²) in [6.45, 7) is 10.8. The predicted molar refractivity (Wildman–Crippen MR) is 141 cm³/mol. The normalized spacial score (nSPS) is 12.1. The van der Waals surface area contributed by atoms with Gasteiger partial charge >= 0.3 is 5.97 Å². The lowest BCUT2D eigenvalue weighted by atomic mass is 10.2. The number of halogens is 1. The molecule has 0 amide bonds. The van der Waals surface area contributed by atoms with Gasteiger partial charge in [0, 0.05) is 19.7 Å². The van der Waals surface area contributed by atoms with Gasteiger partial charge < -0.3 is 20.1 Å². The molecule has 0 fully saturated rings. The van der Waals surface area contributed by atoms with Gasteiger partial charge in [0.15, 0.2) is 5.96 Å². The van der Waals surface area contributed by atoms with E-state index in [1.54, 1.807) is 6.92 Å². The second kappa shape index (κ2) is 16.0. The van der Waals surface area contributed by atoms with Crippen molar-refractivity contribution in [1.82, 2.24) is 15.6 Å². The van der Waals surface area contributed by atoms with Gasteiger partial charge in [-0.05, 0) is 46.1 Å². The maximum Gasteiger partial charge on any atom is 0.350 e. The third-order valence-corrected chi connectivity index (χ3v) is 5.76. The molecule has 2 aromatic rings. The Morgan fingerprint density at radius 2 is 1.97 bits per heavy atom. The largest absolute Gasteiger partial charge is 0.462 e. The summed E-state index contributed by atoms with van der Waals surface area (Å²) in [5.41, 5.74) is 1.98. The average molecular weight is 575 g/mol. The molecule has 9 heteroatoms. The molecule has 32 heavy (non-hydrogen) atoms. The van der Waals surface area contributed by atoms with Crippen LogP contribution in [0, 0.1) is 6.92 Å². The molecule has 7 nitrogen and oxygen atoms in total. The van der Waals surface area contributed by atoms with Crippen molar-refractivity contribution in [2.75, 3.05) is 32.9 Å². The summed E-state index contributed by atoms with van der Waals surface area (Å²) >= 11 is 1.36. The summed E-state index contributed by atoms with van der Waals surface area (Å²) in [5.74, 6) is 0.411. The van der Waals surface area contributed by atoms with Crippen LogP contribution in [0.5, 0.6) is 0 Å². The summed E-state index contributed by atoms with van der Waals surface area (Å²) in [6, 6.07) is 10.3. The molecule has 0 aliphatic carbocycles. The highest BCUT2D eigenvalue weighted by molar-refractivity contribution is 14.0. The molecule has 0 aliphatic rings. The highest BCUT2D eigenvalue weighted by Crippen LogP contribution is 2.24. The molecule has 0 radical (unpaired) electrons. The van der Waals surface area contributed by atoms with Crippen molar-refractivity contribution in [3.63, 3.8) is 0 Å². The average Bonchev–Trinajstić information content (AvgIpc) is 3.16. The lowest BCUT2D eigenvalue weighted by Crippen LogP contribution is -2.38. The van der Waals surface area contributed by atoms with Crippen LogP contribution in [-0.2, 0) is 15.9 Å². The zero-order valence-corrected chi connectivity index (χ0v) is 22.5. The highest BCUT2D eigenvalue weighted by Gasteiger charge is 2.20. The molecule has 1 atom stereocenters. The van der Waals surface area contributed by atoms with Crippen molar-refractivity contribution >= 4 is 47.2 Å². The number of guanidine groups is 1. The number of hydrogen-bond acceptors (Lipinski definition) is 6. The summed E-state index contributed by atoms with van der Waals surface area (Å²) in [7, 11) is 0. The maximum absolute atomic E-state index is 12.0. The first-order chi connectivity index (χ1) is 15.0. The van der Waals surface area contributed by atoms with Crippen molar-refractivity contribution in [3.8, 4) is 0 Å². The summed E-state index contributed by atoms with van der Waals surface area (Å²) < 4.78 is 10.8. The number of thiazole rings is 1. The van der Waals surface area contributed by atoms with E-state index in [1.165, 1.54) is 16.9 Å². The Labute approximate surface area is 212 Å². The monoisotopic (exact) mass is 574 g/mol. The fourth-order valence-electron chi connectivity index (χ4n) is 2.87. The van der Waals surface area contributed by atoms with Crippen molar-refractivity contribution in [2.24, 2.45) is 4.99 Å². The number of carbonyl (C=O) groups is 1. The number of esters is 1. The predicted octanol–water partition coefficient (Wildman–Crippen LogP) is 4.51. The third kappa shape index (κ3) is 9.83. The molecular weight excluding hydrogens is 539 g/mol. The number of aromatic nitrogens is 1. The van der Waals surface area contributed by atoms with E-state index in [1.807, 2.05) is 39.0 Å². The highest BCUT2D eigenvalue weighted by atomic mass is 127. The van der Waals surface area contributed by atoms with Crippen LogP contribution in [-0.4, -0.2) is 49.8 Å². The minimum Gasteiger partial charge on any atom is -0.462 e. The van der Waals surface area contributed by atoms with Crippen LogP contribution in [0.1, 0.15) is 59.2 Å². The molecule has 0 bridgehead atoms. The van der Waals surface area contributed by atoms with E-state index in [2.05, 4.69) is 32.7 Å². The first kappa shape index (κ1) is 28.3. The van der Waals surface area contributed by atoms with Gasteiger partial charge in [-0.1, -0.05) is 30.3 Å². The van der Waals surface area contributed by atoms with E-state index in [0.717, 1.165) is 37.0 Å². The van der Waals surface area contributed by atoms with Crippen molar-refractivity contribution < 1.29 is 14.3 Å². The Balaban J connectivity index is 0.00000512. The molecule has 0 saturated carbocycles. The van der Waals surface area contributed by atoms with Gasteiger partial charge in [0.1, 0.15) is 9.88 Å². The molecule has 1 heterocycles. The van der Waals surface area contributed by atoms with Gasteiger partial charge in [-0.2, -0.15) is 0 Å². The number of aliphatic imine (C=N–C) groups is 1. The molecule has 2 N–H and O–H groups in total. The number of nitrogens with zero attached hydrogens (tertiary/aromatic N) is 2. The van der Waals surface area contributed by atoms with Crippen LogP contribution in [0.25, 0.3) is 0 Å². The number of aryl methyl sites for hydroxylation is 1. The standard InChI is InChI=1S/C23H34N4O3S.HI/c1-5-24-23(25-14-10-15-29-16-13-19-11-8-7-9-12-19)27-18(4)21-26-17(3)20(31-21)22(28)30-6-2;/h7-9,11-12,18H,5-6,10,13-16H2,1-4H3,(H2,24,25,27);1H. The topological polar surface area (TPSA) is 84.8 Å². The Morgan fingerprint density at radius 3 is 2.66 bits per heavy atom.